The molecule has 0 saturated heterocycles. The van der Waals surface area contributed by atoms with E-state index < -0.39 is 21.9 Å². The highest BCUT2D eigenvalue weighted by atomic mass is 32.2. The highest BCUT2D eigenvalue weighted by Gasteiger charge is 2.36. The summed E-state index contributed by atoms with van der Waals surface area (Å²) in [6, 6.07) is 23.5. The summed E-state index contributed by atoms with van der Waals surface area (Å²) >= 11 is 0. The summed E-state index contributed by atoms with van der Waals surface area (Å²) in [5, 5.41) is 7.91. The lowest BCUT2D eigenvalue weighted by Crippen LogP contribution is -2.40. The molecule has 0 fully saturated rings. The number of hydrogen-bond donors (Lipinski definition) is 1. The monoisotopic (exact) mass is 491 g/mol. The molecule has 7 rings (SSSR count). The van der Waals surface area contributed by atoms with E-state index in [9.17, 15) is 22.6 Å². The van der Waals surface area contributed by atoms with Gasteiger partial charge in [0, 0.05) is 16.5 Å². The molecule has 6 nitrogen and oxygen atoms in total. The van der Waals surface area contributed by atoms with Crippen LogP contribution in [-0.4, -0.2) is 24.8 Å². The van der Waals surface area contributed by atoms with Crippen LogP contribution in [0.1, 0.15) is 26.3 Å². The molecule has 1 heterocycles. The number of imide groups is 1. The summed E-state index contributed by atoms with van der Waals surface area (Å²) < 4.78 is 32.5. The van der Waals surface area contributed by atoms with E-state index in [1.165, 1.54) is 18.2 Å². The Hall–Kier alpha value is -4.33. The SMILES string of the molecule is Cc1cc(S(=O)(=O)O)ccc1N1C(=O)c2ccc3c4cccc5cccc(c6ccc(c2c36)C1=O)c54. The average Bonchev–Trinajstić information content (AvgIpc) is 2.86. The molecular weight excluding hydrogens is 474 g/mol. The fraction of sp³-hybridized carbons (Fsp3) is 0.0345. The summed E-state index contributed by atoms with van der Waals surface area (Å²) in [5.41, 5.74) is 1.47. The lowest BCUT2D eigenvalue weighted by molar-refractivity contribution is 0.0893. The topological polar surface area (TPSA) is 91.8 Å². The van der Waals surface area contributed by atoms with E-state index in [0.29, 0.717) is 22.1 Å². The Balaban J connectivity index is 1.53. The first-order chi connectivity index (χ1) is 17.3. The molecule has 6 aromatic rings. The van der Waals surface area contributed by atoms with Gasteiger partial charge in [0.25, 0.3) is 21.9 Å². The minimum Gasteiger partial charge on any atom is -0.282 e. The molecule has 2 amide bonds. The second-order valence-corrected chi connectivity index (χ2v) is 10.6. The molecule has 1 aliphatic rings. The summed E-state index contributed by atoms with van der Waals surface area (Å²) in [4.78, 5) is 28.3. The van der Waals surface area contributed by atoms with Crippen LogP contribution in [0.5, 0.6) is 0 Å². The van der Waals surface area contributed by atoms with E-state index in [1.54, 1.807) is 19.1 Å². The van der Waals surface area contributed by atoms with E-state index in [1.807, 2.05) is 24.3 Å². The minimum absolute atomic E-state index is 0.270. The third-order valence-electron chi connectivity index (χ3n) is 7.22. The standard InChI is InChI=1S/C29H17NO5S/c1-15-14-17(36(33,34)35)8-13-24(15)30-28(31)22-11-9-20-18-6-2-4-16-5-3-7-19(25(16)18)21-10-12-23(29(30)32)27(22)26(20)21/h2-14H,1H3,(H,33,34,35). The average molecular weight is 492 g/mol. The van der Waals surface area contributed by atoms with Crippen LogP contribution in [0.3, 0.4) is 0 Å². The van der Waals surface area contributed by atoms with Crippen molar-refractivity contribution < 1.29 is 22.6 Å². The molecule has 174 valence electrons. The Morgan fingerprint density at radius 1 is 0.667 bits per heavy atom. The Bertz CT molecular complexity index is 1980. The molecule has 6 aromatic carbocycles. The predicted octanol–water partition coefficient (Wildman–Crippen LogP) is 6.09. The highest BCUT2D eigenvalue weighted by molar-refractivity contribution is 7.85. The van der Waals surface area contributed by atoms with E-state index >= 15 is 0 Å². The van der Waals surface area contributed by atoms with Crippen LogP contribution < -0.4 is 4.90 Å². The molecule has 36 heavy (non-hydrogen) atoms. The zero-order valence-electron chi connectivity index (χ0n) is 18.9. The molecule has 0 radical (unpaired) electrons. The van der Waals surface area contributed by atoms with Crippen LogP contribution in [0.15, 0.2) is 83.8 Å². The van der Waals surface area contributed by atoms with Crippen LogP contribution in [0.2, 0.25) is 0 Å². The molecule has 0 atom stereocenters. The van der Waals surface area contributed by atoms with Gasteiger partial charge in [-0.1, -0.05) is 48.5 Å². The number of amides is 2. The van der Waals surface area contributed by atoms with E-state index in [-0.39, 0.29) is 10.6 Å². The summed E-state index contributed by atoms with van der Waals surface area (Å²) in [6.07, 6.45) is 0. The van der Waals surface area contributed by atoms with Crippen molar-refractivity contribution in [2.24, 2.45) is 0 Å². The van der Waals surface area contributed by atoms with Gasteiger partial charge in [0.15, 0.2) is 0 Å². The largest absolute Gasteiger partial charge is 0.294 e. The van der Waals surface area contributed by atoms with Crippen LogP contribution in [0.4, 0.5) is 5.69 Å². The normalized spacial score (nSPS) is 14.1. The van der Waals surface area contributed by atoms with Gasteiger partial charge in [0.1, 0.15) is 0 Å². The van der Waals surface area contributed by atoms with Gasteiger partial charge in [-0.25, -0.2) is 4.90 Å². The van der Waals surface area contributed by atoms with Gasteiger partial charge in [-0.15, -0.1) is 0 Å². The van der Waals surface area contributed by atoms with E-state index in [4.69, 9.17) is 0 Å². The van der Waals surface area contributed by atoms with Gasteiger partial charge < -0.3 is 0 Å². The quantitative estimate of drug-likeness (QED) is 0.137. The third-order valence-corrected chi connectivity index (χ3v) is 8.07. The fourth-order valence-electron chi connectivity index (χ4n) is 5.68. The number of hydrogen-bond acceptors (Lipinski definition) is 4. The second kappa shape index (κ2) is 6.87. The molecule has 1 N–H and O–H groups in total. The van der Waals surface area contributed by atoms with Crippen LogP contribution in [0.25, 0.3) is 43.1 Å². The van der Waals surface area contributed by atoms with Crippen molar-refractivity contribution in [3.63, 3.8) is 0 Å². The maximum absolute atomic E-state index is 13.8. The molecule has 0 saturated carbocycles. The number of rotatable bonds is 2. The molecule has 7 heteroatoms. The van der Waals surface area contributed by atoms with Gasteiger partial charge in [0.2, 0.25) is 0 Å². The first-order valence-corrected chi connectivity index (χ1v) is 12.8. The Morgan fingerprint density at radius 2 is 1.22 bits per heavy atom. The molecule has 0 unspecified atom stereocenters. The highest BCUT2D eigenvalue weighted by Crippen LogP contribution is 2.44. The van der Waals surface area contributed by atoms with Crippen molar-refractivity contribution in [3.05, 3.63) is 95.6 Å². The van der Waals surface area contributed by atoms with Crippen molar-refractivity contribution >= 4 is 70.7 Å². The lowest BCUT2D eigenvalue weighted by atomic mass is 9.84. The van der Waals surface area contributed by atoms with Crippen LogP contribution in [-0.2, 0) is 10.1 Å². The van der Waals surface area contributed by atoms with Gasteiger partial charge in [0.05, 0.1) is 10.6 Å². The zero-order chi connectivity index (χ0) is 24.9. The first-order valence-electron chi connectivity index (χ1n) is 11.3. The second-order valence-electron chi connectivity index (χ2n) is 9.15. The van der Waals surface area contributed by atoms with Gasteiger partial charge >= 0.3 is 0 Å². The number of nitrogens with zero attached hydrogens (tertiary/aromatic N) is 1. The number of fused-ring (bicyclic) bond motifs is 2. The summed E-state index contributed by atoms with van der Waals surface area (Å²) in [6.45, 7) is 1.60. The van der Waals surface area contributed by atoms with Crippen LogP contribution >= 0.6 is 0 Å². The number of anilines is 1. The van der Waals surface area contributed by atoms with Gasteiger partial charge in [-0.3, -0.25) is 14.1 Å². The smallest absolute Gasteiger partial charge is 0.282 e. The molecule has 0 bridgehead atoms. The van der Waals surface area contributed by atoms with Gasteiger partial charge in [-0.05, 0) is 80.5 Å². The third kappa shape index (κ3) is 2.61. The number of aryl methyl sites for hydroxylation is 1. The molecular formula is C29H17NO5S. The predicted molar refractivity (Wildman–Crippen MR) is 140 cm³/mol. The Morgan fingerprint density at radius 3 is 1.75 bits per heavy atom. The summed E-state index contributed by atoms with van der Waals surface area (Å²) in [7, 11) is -4.42. The molecule has 0 aromatic heterocycles. The first kappa shape index (κ1) is 21.0. The maximum atomic E-state index is 13.8. The van der Waals surface area contributed by atoms with Crippen LogP contribution in [0, 0.1) is 6.92 Å². The summed E-state index contributed by atoms with van der Waals surface area (Å²) in [5.74, 6) is -0.952. The number of carbonyl (C=O) groups excluding carboxylic acids is 2. The molecule has 1 aliphatic heterocycles. The van der Waals surface area contributed by atoms with E-state index in [0.717, 1.165) is 42.6 Å². The van der Waals surface area contributed by atoms with Gasteiger partial charge in [-0.2, -0.15) is 8.42 Å². The zero-order valence-corrected chi connectivity index (χ0v) is 19.8. The Kier molecular flexibility index (Phi) is 4.01. The van der Waals surface area contributed by atoms with Crippen molar-refractivity contribution in [3.8, 4) is 0 Å². The molecule has 0 aliphatic carbocycles. The van der Waals surface area contributed by atoms with Crippen molar-refractivity contribution in [1.82, 2.24) is 0 Å². The minimum atomic E-state index is -4.42. The molecule has 0 spiro atoms. The number of benzene rings is 6. The maximum Gasteiger partial charge on any atom is 0.294 e. The Labute approximate surface area is 205 Å². The number of carbonyl (C=O) groups is 2. The van der Waals surface area contributed by atoms with Crippen molar-refractivity contribution in [1.29, 1.82) is 0 Å². The van der Waals surface area contributed by atoms with Crippen molar-refractivity contribution in [2.75, 3.05) is 4.90 Å². The fourth-order valence-corrected chi connectivity index (χ4v) is 6.25. The lowest BCUT2D eigenvalue weighted by Gasteiger charge is -2.29. The van der Waals surface area contributed by atoms with E-state index in [2.05, 4.69) is 24.3 Å². The van der Waals surface area contributed by atoms with Crippen molar-refractivity contribution in [2.45, 2.75) is 11.8 Å².